The van der Waals surface area contributed by atoms with Crippen molar-refractivity contribution in [2.24, 2.45) is 0 Å². The summed E-state index contributed by atoms with van der Waals surface area (Å²) in [4.78, 5) is 0. The van der Waals surface area contributed by atoms with Crippen LogP contribution in [0.1, 0.15) is 0 Å². The zero-order valence-corrected chi connectivity index (χ0v) is 37.7. The molecule has 0 N–H and O–H groups in total. The van der Waals surface area contributed by atoms with Crippen LogP contribution in [0.5, 0.6) is 0 Å². The molecule has 69 heavy (non-hydrogen) atoms. The molecule has 14 rings (SSSR count). The number of para-hydroxylation sites is 3. The van der Waals surface area contributed by atoms with Gasteiger partial charge in [-0.05, 0) is 142 Å². The van der Waals surface area contributed by atoms with E-state index in [-0.39, 0.29) is 0 Å². The number of nitrogens with zero attached hydrogens (tertiary/aromatic N) is 3. The number of hydrogen-bond acceptors (Lipinski definition) is 0. The molecule has 0 atom stereocenters. The van der Waals surface area contributed by atoms with Gasteiger partial charge in [0.05, 0.1) is 33.1 Å². The van der Waals surface area contributed by atoms with Crippen LogP contribution >= 0.6 is 0 Å². The third-order valence-corrected chi connectivity index (χ3v) is 14.2. The van der Waals surface area contributed by atoms with E-state index in [0.29, 0.717) is 0 Å². The highest BCUT2D eigenvalue weighted by molar-refractivity contribution is 6.19. The molecule has 0 saturated heterocycles. The first-order valence-electron chi connectivity index (χ1n) is 23.8. The zero-order chi connectivity index (χ0) is 45.4. The molecule has 3 aromatic heterocycles. The van der Waals surface area contributed by atoms with Crippen LogP contribution in [-0.4, -0.2) is 13.7 Å². The standard InChI is InChI=1S/C66H43N3/c1-6-18-44(19-7-1)53-28-16-30-63-65(53)57-42-48(34-38-61(57)68(63)51-24-12-4-13-25-51)46-32-36-59-55(40-46)56-41-47(33-37-60(56)67(59)50-22-10-3-11-23-50)49-35-39-62-58(43-49)66-54(45-20-8-2-9-21-45)29-17-31-64(66)69(62)52-26-14-5-15-27-52/h1-43H. The molecular weight excluding hydrogens is 835 g/mol. The Morgan fingerprint density at radius 1 is 0.188 bits per heavy atom. The molecule has 0 unspecified atom stereocenters. The quantitative estimate of drug-likeness (QED) is 0.152. The van der Waals surface area contributed by atoms with Crippen molar-refractivity contribution in [3.63, 3.8) is 0 Å². The van der Waals surface area contributed by atoms with Crippen molar-refractivity contribution >= 4 is 65.4 Å². The topological polar surface area (TPSA) is 14.8 Å². The molecule has 0 aliphatic rings. The lowest BCUT2D eigenvalue weighted by Gasteiger charge is -2.09. The molecule has 0 bridgehead atoms. The fraction of sp³-hybridized carbons (Fsp3) is 0. The number of benzene rings is 11. The summed E-state index contributed by atoms with van der Waals surface area (Å²) in [6.45, 7) is 0. The molecule has 0 amide bonds. The maximum atomic E-state index is 2.42. The molecule has 3 heterocycles. The third-order valence-electron chi connectivity index (χ3n) is 14.2. The summed E-state index contributed by atoms with van der Waals surface area (Å²) in [5.41, 5.74) is 20.2. The second-order valence-corrected chi connectivity index (χ2v) is 18.1. The summed E-state index contributed by atoms with van der Waals surface area (Å²) < 4.78 is 7.25. The molecule has 0 aliphatic carbocycles. The molecule has 3 nitrogen and oxygen atoms in total. The van der Waals surface area contributed by atoms with Crippen molar-refractivity contribution in [2.75, 3.05) is 0 Å². The van der Waals surface area contributed by atoms with E-state index in [9.17, 15) is 0 Å². The molecule has 0 spiro atoms. The van der Waals surface area contributed by atoms with Crippen LogP contribution in [0.25, 0.3) is 127 Å². The minimum Gasteiger partial charge on any atom is -0.309 e. The van der Waals surface area contributed by atoms with Gasteiger partial charge in [-0.2, -0.15) is 0 Å². The Hall–Kier alpha value is -9.18. The van der Waals surface area contributed by atoms with Crippen molar-refractivity contribution in [2.45, 2.75) is 0 Å². The van der Waals surface area contributed by atoms with Gasteiger partial charge in [-0.15, -0.1) is 0 Å². The summed E-state index contributed by atoms with van der Waals surface area (Å²) >= 11 is 0. The van der Waals surface area contributed by atoms with Gasteiger partial charge >= 0.3 is 0 Å². The molecule has 0 aliphatic heterocycles. The van der Waals surface area contributed by atoms with Crippen LogP contribution in [0.2, 0.25) is 0 Å². The first-order valence-corrected chi connectivity index (χ1v) is 23.8. The number of hydrogen-bond donors (Lipinski definition) is 0. The predicted octanol–water partition coefficient (Wildman–Crippen LogP) is 17.6. The van der Waals surface area contributed by atoms with E-state index in [1.54, 1.807) is 0 Å². The van der Waals surface area contributed by atoms with Gasteiger partial charge in [0.2, 0.25) is 0 Å². The maximum absolute atomic E-state index is 2.42. The largest absolute Gasteiger partial charge is 0.309 e. The van der Waals surface area contributed by atoms with Gasteiger partial charge in [-0.1, -0.05) is 164 Å². The third kappa shape index (κ3) is 6.21. The Morgan fingerprint density at radius 2 is 0.478 bits per heavy atom. The van der Waals surface area contributed by atoms with Gasteiger partial charge in [-0.25, -0.2) is 0 Å². The van der Waals surface area contributed by atoms with Crippen molar-refractivity contribution in [3.05, 3.63) is 261 Å². The lowest BCUT2D eigenvalue weighted by molar-refractivity contribution is 1.18. The maximum Gasteiger partial charge on any atom is 0.0547 e. The minimum atomic E-state index is 1.14. The lowest BCUT2D eigenvalue weighted by Crippen LogP contribution is -1.93. The summed E-state index contributed by atoms with van der Waals surface area (Å²) in [5, 5.41) is 7.43. The van der Waals surface area contributed by atoms with Crippen molar-refractivity contribution < 1.29 is 0 Å². The highest BCUT2D eigenvalue weighted by Crippen LogP contribution is 2.44. The predicted molar refractivity (Wildman–Crippen MR) is 291 cm³/mol. The van der Waals surface area contributed by atoms with Crippen molar-refractivity contribution in [3.8, 4) is 61.6 Å². The molecule has 0 radical (unpaired) electrons. The monoisotopic (exact) mass is 877 g/mol. The van der Waals surface area contributed by atoms with E-state index in [1.165, 1.54) is 110 Å². The zero-order valence-electron chi connectivity index (χ0n) is 37.7. The molecular formula is C66H43N3. The SMILES string of the molecule is c1ccc(-c2cccc3c2c2cc(-c4ccc5c(c4)c4cc(-c6ccc7c(c6)c6c(-c8ccccc8)cccc6n7-c6ccccc6)ccc4n5-c4ccccc4)ccc2n3-c2ccccc2)cc1. The summed E-state index contributed by atoms with van der Waals surface area (Å²) in [7, 11) is 0. The van der Waals surface area contributed by atoms with Gasteiger partial charge in [0.1, 0.15) is 0 Å². The van der Waals surface area contributed by atoms with E-state index >= 15 is 0 Å². The number of rotatable bonds is 7. The first-order chi connectivity index (χ1) is 34.2. The van der Waals surface area contributed by atoms with Crippen LogP contribution < -0.4 is 0 Å². The van der Waals surface area contributed by atoms with Crippen LogP contribution in [0.4, 0.5) is 0 Å². The van der Waals surface area contributed by atoms with Gasteiger partial charge in [0, 0.05) is 49.4 Å². The lowest BCUT2D eigenvalue weighted by atomic mass is 9.96. The van der Waals surface area contributed by atoms with Crippen LogP contribution in [0, 0.1) is 0 Å². The molecule has 3 heteroatoms. The smallest absolute Gasteiger partial charge is 0.0547 e. The van der Waals surface area contributed by atoms with Crippen LogP contribution in [-0.2, 0) is 0 Å². The van der Waals surface area contributed by atoms with Gasteiger partial charge in [0.15, 0.2) is 0 Å². The fourth-order valence-electron chi connectivity index (χ4n) is 11.2. The highest BCUT2D eigenvalue weighted by Gasteiger charge is 2.21. The van der Waals surface area contributed by atoms with E-state index < -0.39 is 0 Å². The van der Waals surface area contributed by atoms with Gasteiger partial charge < -0.3 is 13.7 Å². The summed E-state index contributed by atoms with van der Waals surface area (Å²) in [5.74, 6) is 0. The molecule has 0 saturated carbocycles. The Kier molecular flexibility index (Phi) is 8.90. The first kappa shape index (κ1) is 39.0. The molecule has 0 fully saturated rings. The Bertz CT molecular complexity index is 4000. The average Bonchev–Trinajstić information content (AvgIpc) is 4.07. The second-order valence-electron chi connectivity index (χ2n) is 18.1. The van der Waals surface area contributed by atoms with Crippen LogP contribution in [0.3, 0.4) is 0 Å². The van der Waals surface area contributed by atoms with Gasteiger partial charge in [0.25, 0.3) is 0 Å². The molecule has 14 aromatic rings. The Morgan fingerprint density at radius 3 is 0.826 bits per heavy atom. The molecule has 11 aromatic carbocycles. The Balaban J connectivity index is 0.980. The van der Waals surface area contributed by atoms with Crippen molar-refractivity contribution in [1.29, 1.82) is 0 Å². The Labute approximate surface area is 399 Å². The number of aromatic nitrogens is 3. The van der Waals surface area contributed by atoms with E-state index in [2.05, 4.69) is 275 Å². The highest BCUT2D eigenvalue weighted by atomic mass is 15.0. The molecule has 322 valence electrons. The van der Waals surface area contributed by atoms with Crippen LogP contribution in [0.15, 0.2) is 261 Å². The van der Waals surface area contributed by atoms with Crippen molar-refractivity contribution in [1.82, 2.24) is 13.7 Å². The normalized spacial score (nSPS) is 11.8. The fourth-order valence-corrected chi connectivity index (χ4v) is 11.2. The minimum absolute atomic E-state index is 1.14. The summed E-state index contributed by atoms with van der Waals surface area (Å²) in [6.07, 6.45) is 0. The second kappa shape index (κ2) is 15.7. The summed E-state index contributed by atoms with van der Waals surface area (Å²) in [6, 6.07) is 95.4. The number of fused-ring (bicyclic) bond motifs is 9. The van der Waals surface area contributed by atoms with Gasteiger partial charge in [-0.3, -0.25) is 0 Å². The van der Waals surface area contributed by atoms with E-state index in [1.807, 2.05) is 0 Å². The van der Waals surface area contributed by atoms with E-state index in [0.717, 1.165) is 17.1 Å². The average molecular weight is 878 g/mol. The van der Waals surface area contributed by atoms with E-state index in [4.69, 9.17) is 0 Å².